The molecule has 1 fully saturated rings. The number of carbonyl (C=O) groups is 2. The Morgan fingerprint density at radius 2 is 1.94 bits per heavy atom. The molecule has 2 aliphatic heterocycles. The van der Waals surface area contributed by atoms with Crippen molar-refractivity contribution in [1.29, 1.82) is 0 Å². The minimum absolute atomic E-state index is 0.125. The minimum Gasteiger partial charge on any atom is -0.496 e. The number of nitrogens with zero attached hydrogens (tertiary/aromatic N) is 3. The molecule has 2 aliphatic rings. The lowest BCUT2D eigenvalue weighted by Gasteiger charge is -2.34. The van der Waals surface area contributed by atoms with E-state index in [4.69, 9.17) is 14.6 Å². The lowest BCUT2D eigenvalue weighted by atomic mass is 9.97. The van der Waals surface area contributed by atoms with Gasteiger partial charge in [0.2, 0.25) is 0 Å². The van der Waals surface area contributed by atoms with Crippen molar-refractivity contribution >= 4 is 17.6 Å². The highest BCUT2D eigenvalue weighted by molar-refractivity contribution is 6.03. The largest absolute Gasteiger partial charge is 0.496 e. The van der Waals surface area contributed by atoms with Gasteiger partial charge in [0.1, 0.15) is 11.8 Å². The molecule has 1 saturated heterocycles. The number of esters is 1. The second kappa shape index (κ2) is 10.8. The quantitative estimate of drug-likeness (QED) is 0.578. The van der Waals surface area contributed by atoms with Crippen LogP contribution < -0.4 is 4.74 Å². The summed E-state index contributed by atoms with van der Waals surface area (Å²) < 4.78 is 10.9. The van der Waals surface area contributed by atoms with Crippen LogP contribution in [-0.4, -0.2) is 60.3 Å². The molecule has 2 aromatic rings. The molecule has 0 unspecified atom stereocenters. The van der Waals surface area contributed by atoms with E-state index in [0.29, 0.717) is 26.0 Å². The molecule has 4 rings (SSSR count). The number of carbonyl (C=O) groups excluding carboxylic acids is 2. The molecule has 0 radical (unpaired) electrons. The van der Waals surface area contributed by atoms with Crippen LogP contribution in [0.5, 0.6) is 5.75 Å². The number of methoxy groups -OCH3 is 1. The van der Waals surface area contributed by atoms with Crippen LogP contribution in [0.15, 0.2) is 53.6 Å². The summed E-state index contributed by atoms with van der Waals surface area (Å²) in [6, 6.07) is 15.3. The molecular formula is C27H33N3O4. The average molecular weight is 464 g/mol. The standard InChI is InChI=1S/C27H33N3O4/c1-4-34-27(32)23-13-7-8-15-29(23)18-26(31)30-24(21-12-5-6-14-25(21)33-3)17-22(28-30)20-11-9-10-19(2)16-20/h5-6,9-12,14,16,23-24H,4,7-8,13,15,17-18H2,1-3H3/t23-,24+/m0/s1. The van der Waals surface area contributed by atoms with Crippen molar-refractivity contribution in [3.8, 4) is 5.75 Å². The third-order valence-electron chi connectivity index (χ3n) is 6.53. The molecule has 2 aromatic carbocycles. The summed E-state index contributed by atoms with van der Waals surface area (Å²) in [5.74, 6) is 0.352. The van der Waals surface area contributed by atoms with E-state index in [9.17, 15) is 9.59 Å². The molecule has 7 heteroatoms. The maximum atomic E-state index is 13.7. The van der Waals surface area contributed by atoms with Crippen molar-refractivity contribution in [2.45, 2.75) is 51.6 Å². The third kappa shape index (κ3) is 5.14. The van der Waals surface area contributed by atoms with Crippen molar-refractivity contribution in [2.75, 3.05) is 26.8 Å². The Hall–Kier alpha value is -3.19. The molecule has 0 saturated carbocycles. The Bertz CT molecular complexity index is 1070. The molecule has 0 bridgehead atoms. The number of hydrogen-bond donors (Lipinski definition) is 0. The first-order valence-electron chi connectivity index (χ1n) is 12.0. The summed E-state index contributed by atoms with van der Waals surface area (Å²) >= 11 is 0. The summed E-state index contributed by atoms with van der Waals surface area (Å²) in [5, 5.41) is 6.40. The zero-order valence-electron chi connectivity index (χ0n) is 20.2. The second-order valence-corrected chi connectivity index (χ2v) is 8.85. The number of likely N-dealkylation sites (tertiary alicyclic amines) is 1. The van der Waals surface area contributed by atoms with E-state index in [1.165, 1.54) is 0 Å². The predicted octanol–water partition coefficient (Wildman–Crippen LogP) is 4.10. The number of amides is 1. The molecule has 0 spiro atoms. The zero-order chi connectivity index (χ0) is 24.1. The van der Waals surface area contributed by atoms with Gasteiger partial charge in [-0.25, -0.2) is 5.01 Å². The number of rotatable bonds is 7. The zero-order valence-corrected chi connectivity index (χ0v) is 20.2. The molecule has 0 N–H and O–H groups in total. The lowest BCUT2D eigenvalue weighted by Crippen LogP contribution is -2.49. The fourth-order valence-electron chi connectivity index (χ4n) is 4.86. The Balaban J connectivity index is 1.63. The topological polar surface area (TPSA) is 71.4 Å². The Morgan fingerprint density at radius 1 is 1.12 bits per heavy atom. The molecule has 34 heavy (non-hydrogen) atoms. The summed E-state index contributed by atoms with van der Waals surface area (Å²) in [6.45, 7) is 5.01. The first kappa shape index (κ1) is 24.0. The molecule has 180 valence electrons. The first-order valence-corrected chi connectivity index (χ1v) is 12.0. The van der Waals surface area contributed by atoms with Crippen molar-refractivity contribution in [2.24, 2.45) is 5.10 Å². The van der Waals surface area contributed by atoms with Crippen LogP contribution >= 0.6 is 0 Å². The molecule has 0 aliphatic carbocycles. The van der Waals surface area contributed by atoms with Crippen LogP contribution in [0.3, 0.4) is 0 Å². The van der Waals surface area contributed by atoms with Gasteiger partial charge >= 0.3 is 5.97 Å². The molecule has 7 nitrogen and oxygen atoms in total. The van der Waals surface area contributed by atoms with E-state index < -0.39 is 0 Å². The van der Waals surface area contributed by atoms with Gasteiger partial charge in [-0.1, -0.05) is 54.4 Å². The van der Waals surface area contributed by atoms with Gasteiger partial charge in [-0.05, 0) is 44.9 Å². The fourth-order valence-corrected chi connectivity index (χ4v) is 4.86. The van der Waals surface area contributed by atoms with Crippen LogP contribution in [0.2, 0.25) is 0 Å². The average Bonchev–Trinajstić information content (AvgIpc) is 3.30. The highest BCUT2D eigenvalue weighted by Crippen LogP contribution is 2.37. The SMILES string of the molecule is CCOC(=O)[C@@H]1CCCCN1CC(=O)N1N=C(c2cccc(C)c2)C[C@@H]1c1ccccc1OC. The predicted molar refractivity (Wildman–Crippen MR) is 131 cm³/mol. The van der Waals surface area contributed by atoms with Crippen molar-refractivity contribution in [1.82, 2.24) is 9.91 Å². The van der Waals surface area contributed by atoms with Gasteiger partial charge in [0.25, 0.3) is 5.91 Å². The van der Waals surface area contributed by atoms with E-state index in [0.717, 1.165) is 41.0 Å². The van der Waals surface area contributed by atoms with Crippen LogP contribution in [0.4, 0.5) is 0 Å². The Kier molecular flexibility index (Phi) is 7.63. The molecule has 2 atom stereocenters. The summed E-state index contributed by atoms with van der Waals surface area (Å²) in [6.07, 6.45) is 3.21. The highest BCUT2D eigenvalue weighted by Gasteiger charge is 2.38. The van der Waals surface area contributed by atoms with Crippen LogP contribution in [0.1, 0.15) is 55.3 Å². The van der Waals surface area contributed by atoms with Gasteiger partial charge in [-0.2, -0.15) is 5.10 Å². The minimum atomic E-state index is -0.384. The normalized spacial score (nSPS) is 20.7. The van der Waals surface area contributed by atoms with Crippen molar-refractivity contribution in [3.05, 3.63) is 65.2 Å². The van der Waals surface area contributed by atoms with Crippen LogP contribution in [0.25, 0.3) is 0 Å². The summed E-state index contributed by atoms with van der Waals surface area (Å²) in [5.41, 5.74) is 3.95. The van der Waals surface area contributed by atoms with Gasteiger partial charge in [-0.15, -0.1) is 0 Å². The van der Waals surface area contributed by atoms with E-state index in [-0.39, 0.29) is 30.5 Å². The number of aryl methyl sites for hydroxylation is 1. The van der Waals surface area contributed by atoms with Gasteiger partial charge in [-0.3, -0.25) is 14.5 Å². The first-order chi connectivity index (χ1) is 16.5. The maximum absolute atomic E-state index is 13.7. The smallest absolute Gasteiger partial charge is 0.323 e. The fraction of sp³-hybridized carbons (Fsp3) is 0.444. The van der Waals surface area contributed by atoms with Crippen molar-refractivity contribution in [3.63, 3.8) is 0 Å². The number of hydrogen-bond acceptors (Lipinski definition) is 6. The Labute approximate surface area is 201 Å². The van der Waals surface area contributed by atoms with Gasteiger partial charge in [0.05, 0.1) is 32.0 Å². The number of benzene rings is 2. The highest BCUT2D eigenvalue weighted by atomic mass is 16.5. The number of piperidine rings is 1. The molecule has 0 aromatic heterocycles. The summed E-state index contributed by atoms with van der Waals surface area (Å²) in [4.78, 5) is 28.1. The number of ether oxygens (including phenoxy) is 2. The van der Waals surface area contributed by atoms with Gasteiger partial charge < -0.3 is 9.47 Å². The molecular weight excluding hydrogens is 430 g/mol. The van der Waals surface area contributed by atoms with Gasteiger partial charge in [0.15, 0.2) is 0 Å². The van der Waals surface area contributed by atoms with Crippen LogP contribution in [-0.2, 0) is 14.3 Å². The molecule has 1 amide bonds. The van der Waals surface area contributed by atoms with E-state index >= 15 is 0 Å². The number of para-hydroxylation sites is 1. The second-order valence-electron chi connectivity index (χ2n) is 8.85. The number of hydrazone groups is 1. The summed E-state index contributed by atoms with van der Waals surface area (Å²) in [7, 11) is 1.64. The monoisotopic (exact) mass is 463 g/mol. The van der Waals surface area contributed by atoms with E-state index in [1.54, 1.807) is 19.0 Å². The Morgan fingerprint density at radius 3 is 2.71 bits per heavy atom. The lowest BCUT2D eigenvalue weighted by molar-refractivity contribution is -0.152. The van der Waals surface area contributed by atoms with E-state index in [2.05, 4.69) is 6.07 Å². The van der Waals surface area contributed by atoms with Crippen LogP contribution in [0, 0.1) is 6.92 Å². The molecule has 2 heterocycles. The van der Waals surface area contributed by atoms with E-state index in [1.807, 2.05) is 54.3 Å². The van der Waals surface area contributed by atoms with Gasteiger partial charge in [0, 0.05) is 12.0 Å². The third-order valence-corrected chi connectivity index (χ3v) is 6.53. The maximum Gasteiger partial charge on any atom is 0.323 e. The van der Waals surface area contributed by atoms with Crippen molar-refractivity contribution < 1.29 is 19.1 Å².